The number of rotatable bonds is 6. The maximum absolute atomic E-state index is 12.4. The second-order valence-corrected chi connectivity index (χ2v) is 9.99. The zero-order chi connectivity index (χ0) is 19.9. The fourth-order valence-corrected chi connectivity index (χ4v) is 5.37. The number of nitrogens with zero attached hydrogens (tertiary/aromatic N) is 3. The van der Waals surface area contributed by atoms with E-state index in [-0.39, 0.29) is 17.7 Å². The maximum atomic E-state index is 12.4. The molecule has 1 aliphatic heterocycles. The van der Waals surface area contributed by atoms with E-state index in [1.54, 1.807) is 27.4 Å². The Bertz CT molecular complexity index is 968. The average molecular weight is 406 g/mol. The zero-order valence-electron chi connectivity index (χ0n) is 16.6. The van der Waals surface area contributed by atoms with Crippen LogP contribution in [0.1, 0.15) is 23.6 Å². The lowest BCUT2D eigenvalue weighted by atomic mass is 10.0. The molecule has 1 saturated heterocycles. The number of fused-ring (bicyclic) bond motifs is 1. The minimum Gasteiger partial charge on any atom is -0.496 e. The predicted molar refractivity (Wildman–Crippen MR) is 107 cm³/mol. The minimum atomic E-state index is -3.31. The lowest BCUT2D eigenvalue weighted by Crippen LogP contribution is -2.32. The lowest BCUT2D eigenvalue weighted by molar-refractivity contribution is 0.182. The third kappa shape index (κ3) is 3.44. The molecule has 4 rings (SSSR count). The molecule has 2 aliphatic rings. The van der Waals surface area contributed by atoms with Crippen molar-refractivity contribution in [2.24, 2.45) is 5.92 Å². The molecule has 0 amide bonds. The van der Waals surface area contributed by atoms with Gasteiger partial charge in [-0.05, 0) is 42.5 Å². The largest absolute Gasteiger partial charge is 0.496 e. The van der Waals surface area contributed by atoms with Gasteiger partial charge in [-0.25, -0.2) is 17.7 Å². The van der Waals surface area contributed by atoms with Gasteiger partial charge in [0.25, 0.3) is 0 Å². The van der Waals surface area contributed by atoms with Crippen molar-refractivity contribution in [1.29, 1.82) is 0 Å². The standard InChI is InChI=1S/C20H27N3O4S/c1-22(2)28(24,25)13-16-11-27-12-18(16)23-8-7-21-20(23)17-9-14-5-4-6-15(14)10-19(17)26-3/h7-10,16,18H,4-6,11-13H2,1-3H3/t16-,18-/m1/s1. The summed E-state index contributed by atoms with van der Waals surface area (Å²) in [5.41, 5.74) is 3.65. The van der Waals surface area contributed by atoms with Crippen molar-refractivity contribution in [3.8, 4) is 17.1 Å². The van der Waals surface area contributed by atoms with Gasteiger partial charge in [0.2, 0.25) is 10.0 Å². The highest BCUT2D eigenvalue weighted by molar-refractivity contribution is 7.89. The summed E-state index contributed by atoms with van der Waals surface area (Å²) < 4.78 is 39.5. The van der Waals surface area contributed by atoms with Gasteiger partial charge < -0.3 is 14.0 Å². The fraction of sp³-hybridized carbons (Fsp3) is 0.550. The topological polar surface area (TPSA) is 73.7 Å². The first-order valence-corrected chi connectivity index (χ1v) is 11.2. The molecule has 1 aliphatic carbocycles. The smallest absolute Gasteiger partial charge is 0.214 e. The van der Waals surface area contributed by atoms with Gasteiger partial charge >= 0.3 is 0 Å². The van der Waals surface area contributed by atoms with Crippen LogP contribution >= 0.6 is 0 Å². The molecule has 0 radical (unpaired) electrons. The van der Waals surface area contributed by atoms with Crippen molar-refractivity contribution in [1.82, 2.24) is 13.9 Å². The molecule has 1 aromatic heterocycles. The summed E-state index contributed by atoms with van der Waals surface area (Å²) in [5, 5.41) is 0. The zero-order valence-corrected chi connectivity index (χ0v) is 17.4. The molecule has 0 saturated carbocycles. The van der Waals surface area contributed by atoms with Crippen LogP contribution in [0.5, 0.6) is 5.75 Å². The van der Waals surface area contributed by atoms with Crippen molar-refractivity contribution in [3.05, 3.63) is 35.7 Å². The van der Waals surface area contributed by atoms with Crippen LogP contribution in [0.4, 0.5) is 0 Å². The summed E-state index contributed by atoms with van der Waals surface area (Å²) in [5.74, 6) is 1.54. The van der Waals surface area contributed by atoms with Gasteiger partial charge in [-0.15, -0.1) is 0 Å². The second kappa shape index (κ2) is 7.50. The van der Waals surface area contributed by atoms with Crippen LogP contribution in [0.3, 0.4) is 0 Å². The molecule has 2 aromatic rings. The van der Waals surface area contributed by atoms with Gasteiger partial charge in [0, 0.05) is 32.4 Å². The molecular weight excluding hydrogens is 378 g/mol. The average Bonchev–Trinajstić information content (AvgIpc) is 3.39. The highest BCUT2D eigenvalue weighted by atomic mass is 32.2. The summed E-state index contributed by atoms with van der Waals surface area (Å²) >= 11 is 0. The number of hydrogen-bond acceptors (Lipinski definition) is 5. The van der Waals surface area contributed by atoms with Crippen molar-refractivity contribution in [3.63, 3.8) is 0 Å². The van der Waals surface area contributed by atoms with E-state index >= 15 is 0 Å². The molecule has 2 heterocycles. The monoisotopic (exact) mass is 405 g/mol. The van der Waals surface area contributed by atoms with Crippen LogP contribution in [0.25, 0.3) is 11.4 Å². The van der Waals surface area contributed by atoms with Crippen molar-refractivity contribution < 1.29 is 17.9 Å². The van der Waals surface area contributed by atoms with Crippen LogP contribution < -0.4 is 4.74 Å². The summed E-state index contributed by atoms with van der Waals surface area (Å²) in [6, 6.07) is 4.22. The highest BCUT2D eigenvalue weighted by Crippen LogP contribution is 2.38. The quantitative estimate of drug-likeness (QED) is 0.736. The molecule has 28 heavy (non-hydrogen) atoms. The molecule has 7 nitrogen and oxygen atoms in total. The fourth-order valence-electron chi connectivity index (χ4n) is 4.21. The first kappa shape index (κ1) is 19.4. The Labute approximate surface area is 166 Å². The SMILES string of the molecule is COc1cc2c(cc1-c1nccn1[C@@H]1COC[C@@H]1CS(=O)(=O)N(C)C)CCC2. The highest BCUT2D eigenvalue weighted by Gasteiger charge is 2.35. The Morgan fingerprint density at radius 2 is 2.00 bits per heavy atom. The molecule has 8 heteroatoms. The maximum Gasteiger partial charge on any atom is 0.214 e. The Hall–Kier alpha value is -1.90. The van der Waals surface area contributed by atoms with Crippen molar-refractivity contribution in [2.75, 3.05) is 40.2 Å². The molecule has 2 atom stereocenters. The number of benzene rings is 1. The number of sulfonamides is 1. The summed E-state index contributed by atoms with van der Waals surface area (Å²) in [6.45, 7) is 0.904. The third-order valence-corrected chi connectivity index (χ3v) is 7.79. The molecule has 0 bridgehead atoms. The Kier molecular flexibility index (Phi) is 5.20. The third-order valence-electron chi connectivity index (χ3n) is 5.83. The van der Waals surface area contributed by atoms with Gasteiger partial charge in [0.1, 0.15) is 11.6 Å². The molecule has 0 N–H and O–H groups in total. The number of aryl methyl sites for hydroxylation is 2. The van der Waals surface area contributed by atoms with E-state index in [0.717, 1.165) is 36.4 Å². The molecule has 1 aromatic carbocycles. The van der Waals surface area contributed by atoms with Gasteiger partial charge in [-0.2, -0.15) is 0 Å². The van der Waals surface area contributed by atoms with Gasteiger partial charge in [0.15, 0.2) is 0 Å². The van der Waals surface area contributed by atoms with Crippen molar-refractivity contribution >= 4 is 10.0 Å². The number of aromatic nitrogens is 2. The van der Waals surface area contributed by atoms with Crippen LogP contribution in [-0.4, -0.2) is 62.4 Å². The molecule has 152 valence electrons. The number of hydrogen-bond donors (Lipinski definition) is 0. The molecule has 1 fully saturated rings. The second-order valence-electron chi connectivity index (χ2n) is 7.76. The Morgan fingerprint density at radius 3 is 2.71 bits per heavy atom. The van der Waals surface area contributed by atoms with Gasteiger partial charge in [0.05, 0.1) is 37.7 Å². The van der Waals surface area contributed by atoms with Crippen LogP contribution in [0.2, 0.25) is 0 Å². The van der Waals surface area contributed by atoms with E-state index < -0.39 is 10.0 Å². The summed E-state index contributed by atoms with van der Waals surface area (Å²) in [4.78, 5) is 4.60. The van der Waals surface area contributed by atoms with E-state index in [2.05, 4.69) is 21.7 Å². The van der Waals surface area contributed by atoms with E-state index in [1.165, 1.54) is 15.4 Å². The number of ether oxygens (including phenoxy) is 2. The summed E-state index contributed by atoms with van der Waals surface area (Å²) in [6.07, 6.45) is 7.00. The normalized spacial score (nSPS) is 22.0. The van der Waals surface area contributed by atoms with E-state index in [1.807, 2.05) is 6.20 Å². The first-order valence-electron chi connectivity index (χ1n) is 9.61. The van der Waals surface area contributed by atoms with E-state index in [9.17, 15) is 8.42 Å². The molecular formula is C20H27N3O4S. The Morgan fingerprint density at radius 1 is 1.25 bits per heavy atom. The summed E-state index contributed by atoms with van der Waals surface area (Å²) in [7, 11) is 1.51. The van der Waals surface area contributed by atoms with Crippen molar-refractivity contribution in [2.45, 2.75) is 25.3 Å². The first-order chi connectivity index (χ1) is 13.4. The van der Waals surface area contributed by atoms with Crippen LogP contribution in [0, 0.1) is 5.92 Å². The lowest BCUT2D eigenvalue weighted by Gasteiger charge is -2.23. The van der Waals surface area contributed by atoms with E-state index in [4.69, 9.17) is 9.47 Å². The number of imidazole rings is 1. The number of methoxy groups -OCH3 is 1. The predicted octanol–water partition coefficient (Wildman–Crippen LogP) is 2.13. The Balaban J connectivity index is 1.70. The molecule has 0 spiro atoms. The van der Waals surface area contributed by atoms with Gasteiger partial charge in [-0.1, -0.05) is 0 Å². The van der Waals surface area contributed by atoms with Crippen LogP contribution in [0.15, 0.2) is 24.5 Å². The van der Waals surface area contributed by atoms with Gasteiger partial charge in [-0.3, -0.25) is 0 Å². The molecule has 0 unspecified atom stereocenters. The van der Waals surface area contributed by atoms with Crippen LogP contribution in [-0.2, 0) is 27.6 Å². The van der Waals surface area contributed by atoms with E-state index in [0.29, 0.717) is 13.2 Å². The minimum absolute atomic E-state index is 0.0591.